The number of carbonyl (C=O) groups is 1. The standard InChI is InChI=1S/C23H29IN2O3/c1-2-3-4-5-6-9-16-28-22-11-8-7-10-19(22)17-25-26-23(27)18-29-21-14-12-20(24)13-15-21/h7-8,10-15,17H,2-6,9,16,18H2,1H3,(H,26,27). The van der Waals surface area contributed by atoms with E-state index in [1.807, 2.05) is 48.5 Å². The summed E-state index contributed by atoms with van der Waals surface area (Å²) in [5, 5.41) is 4.02. The van der Waals surface area contributed by atoms with E-state index in [0.717, 1.165) is 21.3 Å². The molecule has 0 saturated heterocycles. The Kier molecular flexibility index (Phi) is 11.2. The monoisotopic (exact) mass is 508 g/mol. The Morgan fingerprint density at radius 2 is 1.72 bits per heavy atom. The Morgan fingerprint density at radius 3 is 2.52 bits per heavy atom. The maximum atomic E-state index is 11.9. The molecule has 0 bridgehead atoms. The molecule has 1 N–H and O–H groups in total. The molecule has 0 aliphatic heterocycles. The number of hydrazone groups is 1. The zero-order valence-electron chi connectivity index (χ0n) is 16.9. The van der Waals surface area contributed by atoms with Crippen LogP contribution >= 0.6 is 22.6 Å². The summed E-state index contributed by atoms with van der Waals surface area (Å²) < 4.78 is 12.4. The lowest BCUT2D eigenvalue weighted by molar-refractivity contribution is -0.123. The molecule has 29 heavy (non-hydrogen) atoms. The minimum absolute atomic E-state index is 0.0892. The van der Waals surface area contributed by atoms with Gasteiger partial charge < -0.3 is 9.47 Å². The van der Waals surface area contributed by atoms with Gasteiger partial charge in [-0.15, -0.1) is 0 Å². The Morgan fingerprint density at radius 1 is 1.00 bits per heavy atom. The molecule has 0 aliphatic carbocycles. The number of hydrogen-bond donors (Lipinski definition) is 1. The van der Waals surface area contributed by atoms with Crippen molar-refractivity contribution in [3.63, 3.8) is 0 Å². The number of ether oxygens (including phenoxy) is 2. The number of carbonyl (C=O) groups excluding carboxylic acids is 1. The maximum Gasteiger partial charge on any atom is 0.277 e. The average Bonchev–Trinajstić information content (AvgIpc) is 2.73. The first kappa shape index (κ1) is 23.2. The third kappa shape index (κ3) is 9.78. The Balaban J connectivity index is 1.72. The van der Waals surface area contributed by atoms with Crippen molar-refractivity contribution in [3.8, 4) is 11.5 Å². The summed E-state index contributed by atoms with van der Waals surface area (Å²) in [6.45, 7) is 2.82. The number of unbranched alkanes of at least 4 members (excludes halogenated alkanes) is 5. The van der Waals surface area contributed by atoms with Crippen LogP contribution in [-0.4, -0.2) is 25.3 Å². The SMILES string of the molecule is CCCCCCCCOc1ccccc1C=NNC(=O)COc1ccc(I)cc1. The van der Waals surface area contributed by atoms with E-state index < -0.39 is 0 Å². The lowest BCUT2D eigenvalue weighted by Crippen LogP contribution is -2.24. The van der Waals surface area contributed by atoms with E-state index >= 15 is 0 Å². The fourth-order valence-electron chi connectivity index (χ4n) is 2.67. The van der Waals surface area contributed by atoms with E-state index in [4.69, 9.17) is 9.47 Å². The van der Waals surface area contributed by atoms with Crippen LogP contribution in [0.1, 0.15) is 51.0 Å². The van der Waals surface area contributed by atoms with E-state index in [1.165, 1.54) is 32.1 Å². The van der Waals surface area contributed by atoms with Crippen molar-refractivity contribution in [2.24, 2.45) is 5.10 Å². The van der Waals surface area contributed by atoms with Gasteiger partial charge in [0.2, 0.25) is 0 Å². The van der Waals surface area contributed by atoms with Crippen molar-refractivity contribution >= 4 is 34.7 Å². The van der Waals surface area contributed by atoms with Gasteiger partial charge in [0.1, 0.15) is 11.5 Å². The van der Waals surface area contributed by atoms with Crippen molar-refractivity contribution in [3.05, 3.63) is 57.7 Å². The van der Waals surface area contributed by atoms with E-state index in [0.29, 0.717) is 12.4 Å². The molecule has 2 aromatic rings. The number of para-hydroxylation sites is 1. The highest BCUT2D eigenvalue weighted by Gasteiger charge is 2.03. The molecule has 0 unspecified atom stereocenters. The number of amides is 1. The van der Waals surface area contributed by atoms with Gasteiger partial charge in [-0.3, -0.25) is 4.79 Å². The average molecular weight is 508 g/mol. The minimum Gasteiger partial charge on any atom is -0.493 e. The number of rotatable bonds is 13. The largest absolute Gasteiger partial charge is 0.493 e. The predicted molar refractivity (Wildman–Crippen MR) is 126 cm³/mol. The molecule has 0 aromatic heterocycles. The summed E-state index contributed by atoms with van der Waals surface area (Å²) in [4.78, 5) is 11.9. The zero-order chi connectivity index (χ0) is 20.7. The molecule has 0 saturated carbocycles. The summed E-state index contributed by atoms with van der Waals surface area (Å²) in [5.74, 6) is 1.11. The van der Waals surface area contributed by atoms with Crippen LogP contribution in [0.3, 0.4) is 0 Å². The van der Waals surface area contributed by atoms with Gasteiger partial charge in [0.15, 0.2) is 6.61 Å². The summed E-state index contributed by atoms with van der Waals surface area (Å²) >= 11 is 2.22. The number of benzene rings is 2. The molecule has 0 heterocycles. The van der Waals surface area contributed by atoms with E-state index in [1.54, 1.807) is 6.21 Å². The molecule has 156 valence electrons. The van der Waals surface area contributed by atoms with Crippen LogP contribution in [0, 0.1) is 3.57 Å². The predicted octanol–water partition coefficient (Wildman–Crippen LogP) is 5.56. The highest BCUT2D eigenvalue weighted by molar-refractivity contribution is 14.1. The summed E-state index contributed by atoms with van der Waals surface area (Å²) in [6.07, 6.45) is 8.95. The molecule has 0 radical (unpaired) electrons. The van der Waals surface area contributed by atoms with E-state index in [2.05, 4.69) is 40.0 Å². The van der Waals surface area contributed by atoms with E-state index in [-0.39, 0.29) is 12.5 Å². The summed E-state index contributed by atoms with van der Waals surface area (Å²) in [6, 6.07) is 15.2. The lowest BCUT2D eigenvalue weighted by atomic mass is 10.1. The van der Waals surface area contributed by atoms with Gasteiger partial charge in [-0.05, 0) is 65.4 Å². The number of halogens is 1. The smallest absolute Gasteiger partial charge is 0.277 e. The fourth-order valence-corrected chi connectivity index (χ4v) is 3.03. The van der Waals surface area contributed by atoms with Crippen LogP contribution < -0.4 is 14.9 Å². The van der Waals surface area contributed by atoms with Crippen molar-refractivity contribution < 1.29 is 14.3 Å². The van der Waals surface area contributed by atoms with Crippen molar-refractivity contribution in [2.75, 3.05) is 13.2 Å². The van der Waals surface area contributed by atoms with Gasteiger partial charge in [-0.2, -0.15) is 5.10 Å². The summed E-state index contributed by atoms with van der Waals surface area (Å²) in [5.41, 5.74) is 3.32. The maximum absolute atomic E-state index is 11.9. The Bertz CT molecular complexity index is 763. The molecule has 0 fully saturated rings. The number of nitrogens with zero attached hydrogens (tertiary/aromatic N) is 1. The Labute approximate surface area is 187 Å². The number of nitrogens with one attached hydrogen (secondary N) is 1. The van der Waals surface area contributed by atoms with Gasteiger partial charge >= 0.3 is 0 Å². The highest BCUT2D eigenvalue weighted by Crippen LogP contribution is 2.17. The van der Waals surface area contributed by atoms with Crippen molar-refractivity contribution in [1.29, 1.82) is 0 Å². The molecule has 0 spiro atoms. The second-order valence-electron chi connectivity index (χ2n) is 6.69. The molecule has 1 amide bonds. The van der Waals surface area contributed by atoms with Crippen molar-refractivity contribution in [1.82, 2.24) is 5.43 Å². The van der Waals surface area contributed by atoms with Crippen LogP contribution in [-0.2, 0) is 4.79 Å². The molecule has 2 aromatic carbocycles. The first-order chi connectivity index (χ1) is 14.2. The minimum atomic E-state index is -0.315. The second kappa shape index (κ2) is 14.0. The topological polar surface area (TPSA) is 59.9 Å². The lowest BCUT2D eigenvalue weighted by Gasteiger charge is -2.09. The van der Waals surface area contributed by atoms with Crippen molar-refractivity contribution in [2.45, 2.75) is 45.4 Å². The first-order valence-electron chi connectivity index (χ1n) is 10.1. The van der Waals surface area contributed by atoms with E-state index in [9.17, 15) is 4.79 Å². The highest BCUT2D eigenvalue weighted by atomic mass is 127. The van der Waals surface area contributed by atoms with Crippen LogP contribution in [0.15, 0.2) is 53.6 Å². The Hall–Kier alpha value is -2.09. The number of hydrogen-bond acceptors (Lipinski definition) is 4. The summed E-state index contributed by atoms with van der Waals surface area (Å²) in [7, 11) is 0. The van der Waals surface area contributed by atoms with Crippen LogP contribution in [0.4, 0.5) is 0 Å². The molecule has 6 heteroatoms. The quantitative estimate of drug-likeness (QED) is 0.167. The molecule has 5 nitrogen and oxygen atoms in total. The fraction of sp³-hybridized carbons (Fsp3) is 0.391. The normalized spacial score (nSPS) is 10.8. The molecular weight excluding hydrogens is 479 g/mol. The van der Waals surface area contributed by atoms with Gasteiger partial charge in [0, 0.05) is 9.13 Å². The molecule has 2 rings (SSSR count). The van der Waals surface area contributed by atoms with Gasteiger partial charge in [-0.25, -0.2) is 5.43 Å². The zero-order valence-corrected chi connectivity index (χ0v) is 19.1. The molecular formula is C23H29IN2O3. The molecule has 0 aliphatic rings. The van der Waals surface area contributed by atoms with Gasteiger partial charge in [0.05, 0.1) is 12.8 Å². The van der Waals surface area contributed by atoms with Gasteiger partial charge in [-0.1, -0.05) is 51.2 Å². The second-order valence-corrected chi connectivity index (χ2v) is 7.94. The van der Waals surface area contributed by atoms with Gasteiger partial charge in [0.25, 0.3) is 5.91 Å². The van der Waals surface area contributed by atoms with Crippen LogP contribution in [0.25, 0.3) is 0 Å². The third-order valence-electron chi connectivity index (χ3n) is 4.25. The molecule has 0 atom stereocenters. The van der Waals surface area contributed by atoms with Crippen LogP contribution in [0.5, 0.6) is 11.5 Å². The third-order valence-corrected chi connectivity index (χ3v) is 4.97. The first-order valence-corrected chi connectivity index (χ1v) is 11.2. The van der Waals surface area contributed by atoms with Crippen LogP contribution in [0.2, 0.25) is 0 Å².